The summed E-state index contributed by atoms with van der Waals surface area (Å²) in [5.41, 5.74) is 6.48. The zero-order valence-electron chi connectivity index (χ0n) is 19.0. The van der Waals surface area contributed by atoms with Crippen LogP contribution < -0.4 is 5.32 Å². The van der Waals surface area contributed by atoms with Gasteiger partial charge in [-0.05, 0) is 66.1 Å². The summed E-state index contributed by atoms with van der Waals surface area (Å²) in [6.45, 7) is 8.63. The van der Waals surface area contributed by atoms with Crippen molar-refractivity contribution in [1.29, 1.82) is 0 Å². The number of fused-ring (bicyclic) bond motifs is 2. The van der Waals surface area contributed by atoms with Gasteiger partial charge in [-0.2, -0.15) is 0 Å². The van der Waals surface area contributed by atoms with Crippen molar-refractivity contribution in [3.63, 3.8) is 0 Å². The number of carbonyl (C=O) groups excluding carboxylic acids is 1. The highest BCUT2D eigenvalue weighted by molar-refractivity contribution is 5.94. The minimum atomic E-state index is 0.0269. The Hall–Kier alpha value is -2.59. The highest BCUT2D eigenvalue weighted by atomic mass is 16.1. The van der Waals surface area contributed by atoms with Crippen molar-refractivity contribution in [2.75, 3.05) is 20.1 Å². The molecule has 2 aliphatic rings. The fourth-order valence-electron chi connectivity index (χ4n) is 5.63. The Morgan fingerprint density at radius 2 is 1.97 bits per heavy atom. The van der Waals surface area contributed by atoms with Crippen LogP contribution in [0.5, 0.6) is 0 Å². The normalized spacial score (nSPS) is 23.5. The molecule has 2 N–H and O–H groups in total. The number of amides is 1. The van der Waals surface area contributed by atoms with Crippen molar-refractivity contribution in [3.05, 3.63) is 70.9 Å². The van der Waals surface area contributed by atoms with Crippen LogP contribution in [-0.4, -0.2) is 42.0 Å². The van der Waals surface area contributed by atoms with E-state index in [4.69, 9.17) is 0 Å². The predicted octanol–water partition coefficient (Wildman–Crippen LogP) is 4.86. The third-order valence-corrected chi connectivity index (χ3v) is 7.34. The van der Waals surface area contributed by atoms with E-state index in [1.165, 1.54) is 27.6 Å². The van der Waals surface area contributed by atoms with Crippen LogP contribution in [-0.2, 0) is 11.8 Å². The maximum absolute atomic E-state index is 12.6. The molecule has 4 nitrogen and oxygen atoms in total. The van der Waals surface area contributed by atoms with Gasteiger partial charge >= 0.3 is 0 Å². The maximum Gasteiger partial charge on any atom is 0.251 e. The first-order valence-electron chi connectivity index (χ1n) is 11.5. The molecule has 1 aliphatic carbocycles. The Balaban J connectivity index is 1.42. The maximum atomic E-state index is 12.6. The molecule has 3 aromatic rings. The molecule has 2 aromatic carbocycles. The van der Waals surface area contributed by atoms with Crippen molar-refractivity contribution in [1.82, 2.24) is 15.2 Å². The summed E-state index contributed by atoms with van der Waals surface area (Å²) < 4.78 is 0. The zero-order valence-corrected chi connectivity index (χ0v) is 19.0. The SMILES string of the molecule is CN1CC(CNC(=O)c2ccccc2)C[C@@H]2c3cc(C(C)(C)C)cc4[nH]cc(c34)C[C@H]21. The molecule has 3 atom stereocenters. The Morgan fingerprint density at radius 1 is 1.19 bits per heavy atom. The van der Waals surface area contributed by atoms with E-state index >= 15 is 0 Å². The average Bonchev–Trinajstić information content (AvgIpc) is 3.16. The summed E-state index contributed by atoms with van der Waals surface area (Å²) in [6.07, 6.45) is 4.44. The number of likely N-dealkylation sites (tertiary alicyclic amines) is 1. The van der Waals surface area contributed by atoms with E-state index in [2.05, 4.69) is 61.3 Å². The molecular weight excluding hydrogens is 382 g/mol. The van der Waals surface area contributed by atoms with Gasteiger partial charge in [0, 0.05) is 47.7 Å². The molecule has 31 heavy (non-hydrogen) atoms. The van der Waals surface area contributed by atoms with Crippen LogP contribution in [0.2, 0.25) is 0 Å². The molecule has 162 valence electrons. The fourth-order valence-corrected chi connectivity index (χ4v) is 5.63. The topological polar surface area (TPSA) is 48.1 Å². The van der Waals surface area contributed by atoms with Gasteiger partial charge in [0.25, 0.3) is 5.91 Å². The van der Waals surface area contributed by atoms with Gasteiger partial charge in [-0.1, -0.05) is 45.0 Å². The molecular formula is C27H33N3O. The van der Waals surface area contributed by atoms with E-state index in [-0.39, 0.29) is 11.3 Å². The van der Waals surface area contributed by atoms with Gasteiger partial charge < -0.3 is 15.2 Å². The number of hydrogen-bond acceptors (Lipinski definition) is 2. The number of aromatic nitrogens is 1. The van der Waals surface area contributed by atoms with Crippen molar-refractivity contribution in [2.45, 2.75) is 51.0 Å². The molecule has 1 amide bonds. The molecule has 5 rings (SSSR count). The summed E-state index contributed by atoms with van der Waals surface area (Å²) in [5.74, 6) is 0.984. The number of hydrogen-bond donors (Lipinski definition) is 2. The van der Waals surface area contributed by atoms with Crippen LogP contribution in [0.1, 0.15) is 60.2 Å². The second-order valence-corrected chi connectivity index (χ2v) is 10.5. The molecule has 0 saturated carbocycles. The minimum Gasteiger partial charge on any atom is -0.361 e. The molecule has 1 aromatic heterocycles. The lowest BCUT2D eigenvalue weighted by molar-refractivity contribution is 0.0891. The highest BCUT2D eigenvalue weighted by Gasteiger charge is 2.40. The molecule has 2 heterocycles. The quantitative estimate of drug-likeness (QED) is 0.642. The summed E-state index contributed by atoms with van der Waals surface area (Å²) in [4.78, 5) is 18.6. The number of likely N-dealkylation sites (N-methyl/N-ethyl adjacent to an activating group) is 1. The van der Waals surface area contributed by atoms with E-state index in [1.807, 2.05) is 30.3 Å². The molecule has 1 aliphatic heterocycles. The third kappa shape index (κ3) is 3.67. The molecule has 0 spiro atoms. The summed E-state index contributed by atoms with van der Waals surface area (Å²) >= 11 is 0. The van der Waals surface area contributed by atoms with Gasteiger partial charge in [-0.3, -0.25) is 4.79 Å². The van der Waals surface area contributed by atoms with E-state index in [1.54, 1.807) is 0 Å². The lowest BCUT2D eigenvalue weighted by atomic mass is 9.71. The first-order valence-corrected chi connectivity index (χ1v) is 11.5. The second-order valence-electron chi connectivity index (χ2n) is 10.5. The van der Waals surface area contributed by atoms with Gasteiger partial charge in [-0.15, -0.1) is 0 Å². The lowest BCUT2D eigenvalue weighted by Gasteiger charge is -2.46. The Labute approximate surface area is 185 Å². The van der Waals surface area contributed by atoms with Crippen LogP contribution >= 0.6 is 0 Å². The standard InChI is InChI=1S/C27H33N3O/c1-27(2,3)20-12-22-21-10-17(14-29-26(31)18-8-6-5-7-9-18)16-30(4)24(21)11-19-15-28-23(13-20)25(19)22/h5-9,12-13,15,17,21,24,28H,10-11,14,16H2,1-4H3,(H,29,31)/t17?,21-,24-/m1/s1. The van der Waals surface area contributed by atoms with Gasteiger partial charge in [0.2, 0.25) is 0 Å². The average molecular weight is 416 g/mol. The molecule has 1 saturated heterocycles. The van der Waals surface area contributed by atoms with Gasteiger partial charge in [0.05, 0.1) is 0 Å². The van der Waals surface area contributed by atoms with Crippen LogP contribution in [0.25, 0.3) is 10.9 Å². The molecule has 0 bridgehead atoms. The van der Waals surface area contributed by atoms with Crippen molar-refractivity contribution >= 4 is 16.8 Å². The number of rotatable bonds is 3. The first kappa shape index (κ1) is 20.3. The van der Waals surface area contributed by atoms with Gasteiger partial charge in [-0.25, -0.2) is 0 Å². The number of carbonyl (C=O) groups is 1. The van der Waals surface area contributed by atoms with Gasteiger partial charge in [0.1, 0.15) is 0 Å². The Bertz CT molecular complexity index is 1110. The van der Waals surface area contributed by atoms with E-state index in [0.717, 1.165) is 31.5 Å². The highest BCUT2D eigenvalue weighted by Crippen LogP contribution is 2.45. The van der Waals surface area contributed by atoms with E-state index in [9.17, 15) is 4.79 Å². The van der Waals surface area contributed by atoms with Crippen LogP contribution in [0.4, 0.5) is 0 Å². The summed E-state index contributed by atoms with van der Waals surface area (Å²) in [5, 5.41) is 4.63. The summed E-state index contributed by atoms with van der Waals surface area (Å²) in [7, 11) is 2.26. The van der Waals surface area contributed by atoms with Crippen LogP contribution in [0.15, 0.2) is 48.7 Å². The number of nitrogens with zero attached hydrogens (tertiary/aromatic N) is 1. The van der Waals surface area contributed by atoms with E-state index < -0.39 is 0 Å². The number of H-pyrrole nitrogens is 1. The number of aromatic amines is 1. The fraction of sp³-hybridized carbons (Fsp3) is 0.444. The van der Waals surface area contributed by atoms with Crippen molar-refractivity contribution < 1.29 is 4.79 Å². The third-order valence-electron chi connectivity index (χ3n) is 7.34. The molecule has 4 heteroatoms. The van der Waals surface area contributed by atoms with Crippen LogP contribution in [0, 0.1) is 5.92 Å². The lowest BCUT2D eigenvalue weighted by Crippen LogP contribution is -2.50. The molecule has 0 radical (unpaired) electrons. The Kier molecular flexibility index (Phi) is 4.93. The monoisotopic (exact) mass is 415 g/mol. The zero-order chi connectivity index (χ0) is 21.8. The predicted molar refractivity (Wildman–Crippen MR) is 127 cm³/mol. The second kappa shape index (κ2) is 7.52. The van der Waals surface area contributed by atoms with Crippen molar-refractivity contribution in [3.8, 4) is 0 Å². The van der Waals surface area contributed by atoms with Crippen LogP contribution in [0.3, 0.4) is 0 Å². The van der Waals surface area contributed by atoms with Gasteiger partial charge in [0.15, 0.2) is 0 Å². The van der Waals surface area contributed by atoms with Crippen molar-refractivity contribution in [2.24, 2.45) is 5.92 Å². The number of nitrogens with one attached hydrogen (secondary N) is 2. The Morgan fingerprint density at radius 3 is 2.71 bits per heavy atom. The summed E-state index contributed by atoms with van der Waals surface area (Å²) in [6, 6.07) is 14.9. The largest absolute Gasteiger partial charge is 0.361 e. The first-order chi connectivity index (χ1) is 14.8. The molecule has 1 unspecified atom stereocenters. The number of piperidine rings is 1. The van der Waals surface area contributed by atoms with E-state index in [0.29, 0.717) is 17.9 Å². The molecule has 1 fully saturated rings. The smallest absolute Gasteiger partial charge is 0.251 e. The number of benzene rings is 2. The minimum absolute atomic E-state index is 0.0269.